The molecular formula is C21H14ClN3O5. The Morgan fingerprint density at radius 3 is 2.83 bits per heavy atom. The summed E-state index contributed by atoms with van der Waals surface area (Å²) >= 11 is 5.99. The smallest absolute Gasteiger partial charge is 0.274 e. The Morgan fingerprint density at radius 2 is 2.07 bits per heavy atom. The van der Waals surface area contributed by atoms with Crippen molar-refractivity contribution in [3.05, 3.63) is 75.3 Å². The molecular weight excluding hydrogens is 410 g/mol. The number of non-ortho nitro benzene ring substituents is 1. The number of nitro groups is 1. The number of aromatic hydroxyl groups is 1. The van der Waals surface area contributed by atoms with Crippen molar-refractivity contribution in [2.45, 2.75) is 0 Å². The van der Waals surface area contributed by atoms with E-state index < -0.39 is 4.92 Å². The van der Waals surface area contributed by atoms with Crippen LogP contribution in [0.15, 0.2) is 64.0 Å². The highest BCUT2D eigenvalue weighted by Gasteiger charge is 2.16. The zero-order valence-corrected chi connectivity index (χ0v) is 16.3. The van der Waals surface area contributed by atoms with Gasteiger partial charge in [-0.05, 0) is 36.4 Å². The van der Waals surface area contributed by atoms with Crippen LogP contribution in [-0.4, -0.2) is 28.3 Å². The lowest BCUT2D eigenvalue weighted by Crippen LogP contribution is -1.94. The highest BCUT2D eigenvalue weighted by atomic mass is 35.5. The monoisotopic (exact) mass is 423 g/mol. The number of phenolic OH excluding ortho intramolecular Hbond substituents is 1. The topological polar surface area (TPSA) is 111 Å². The predicted molar refractivity (Wildman–Crippen MR) is 113 cm³/mol. The number of halogens is 1. The Bertz CT molecular complexity index is 1300. The third-order valence-corrected chi connectivity index (χ3v) is 4.55. The van der Waals surface area contributed by atoms with Crippen LogP contribution in [0.5, 0.6) is 11.5 Å². The second kappa shape index (κ2) is 7.84. The van der Waals surface area contributed by atoms with Gasteiger partial charge in [-0.3, -0.25) is 15.1 Å². The number of nitro benzene ring substituents is 1. The molecule has 0 amide bonds. The molecule has 1 N–H and O–H groups in total. The summed E-state index contributed by atoms with van der Waals surface area (Å²) in [5, 5.41) is 21.9. The minimum atomic E-state index is -0.570. The van der Waals surface area contributed by atoms with Gasteiger partial charge in [0.25, 0.3) is 5.69 Å². The van der Waals surface area contributed by atoms with Crippen molar-refractivity contribution >= 4 is 40.3 Å². The molecule has 0 fully saturated rings. The van der Waals surface area contributed by atoms with Gasteiger partial charge in [0, 0.05) is 28.4 Å². The van der Waals surface area contributed by atoms with E-state index in [1.54, 1.807) is 36.4 Å². The Hall–Kier alpha value is -3.91. The molecule has 0 aliphatic heterocycles. The lowest BCUT2D eigenvalue weighted by Gasteiger charge is -2.06. The zero-order chi connectivity index (χ0) is 21.3. The maximum Gasteiger partial charge on any atom is 0.274 e. The maximum atomic E-state index is 11.1. The molecule has 0 saturated carbocycles. The van der Waals surface area contributed by atoms with Crippen molar-refractivity contribution in [1.82, 2.24) is 4.98 Å². The molecule has 0 aliphatic carbocycles. The summed E-state index contributed by atoms with van der Waals surface area (Å²) in [5.41, 5.74) is 2.42. The average Bonchev–Trinajstić information content (AvgIpc) is 3.16. The molecule has 8 nitrogen and oxygen atoms in total. The third-order valence-electron chi connectivity index (χ3n) is 4.32. The van der Waals surface area contributed by atoms with Crippen molar-refractivity contribution in [3.63, 3.8) is 0 Å². The van der Waals surface area contributed by atoms with Gasteiger partial charge in [0.15, 0.2) is 17.1 Å². The molecule has 150 valence electrons. The first-order valence-electron chi connectivity index (χ1n) is 8.70. The summed E-state index contributed by atoms with van der Waals surface area (Å²) in [6, 6.07) is 14.6. The number of rotatable bonds is 5. The van der Waals surface area contributed by atoms with E-state index in [0.29, 0.717) is 33.3 Å². The number of phenols is 1. The summed E-state index contributed by atoms with van der Waals surface area (Å²) in [5.74, 6) is 0.160. The standard InChI is InChI=1S/C21H14ClN3O5/c1-29-19-10-16(25(27)28)8-13(20(19)26)11-23-15-4-2-3-12(7-15)21-24-17-9-14(22)5-6-18(17)30-21/h2-11,26H,1H3. The van der Waals surface area contributed by atoms with Crippen LogP contribution in [0.2, 0.25) is 5.02 Å². The van der Waals surface area contributed by atoms with Gasteiger partial charge in [0.2, 0.25) is 5.89 Å². The molecule has 0 atom stereocenters. The molecule has 4 aromatic rings. The Morgan fingerprint density at radius 1 is 1.23 bits per heavy atom. The van der Waals surface area contributed by atoms with Crippen LogP contribution < -0.4 is 4.74 Å². The number of aromatic nitrogens is 1. The van der Waals surface area contributed by atoms with E-state index in [4.69, 9.17) is 20.8 Å². The molecule has 0 radical (unpaired) electrons. The summed E-state index contributed by atoms with van der Waals surface area (Å²) in [6.07, 6.45) is 1.33. The van der Waals surface area contributed by atoms with Crippen molar-refractivity contribution < 1.29 is 19.2 Å². The minimum absolute atomic E-state index is 0.00969. The van der Waals surface area contributed by atoms with E-state index in [2.05, 4.69) is 9.98 Å². The lowest BCUT2D eigenvalue weighted by atomic mass is 10.1. The number of aliphatic imine (C=N–C) groups is 1. The van der Waals surface area contributed by atoms with Crippen molar-refractivity contribution in [2.24, 2.45) is 4.99 Å². The van der Waals surface area contributed by atoms with Gasteiger partial charge in [-0.2, -0.15) is 0 Å². The number of ether oxygens (including phenoxy) is 1. The molecule has 3 aromatic carbocycles. The normalized spacial score (nSPS) is 11.3. The summed E-state index contributed by atoms with van der Waals surface area (Å²) in [6.45, 7) is 0. The second-order valence-electron chi connectivity index (χ2n) is 6.28. The van der Waals surface area contributed by atoms with Gasteiger partial charge < -0.3 is 14.3 Å². The molecule has 30 heavy (non-hydrogen) atoms. The first-order chi connectivity index (χ1) is 14.4. The molecule has 9 heteroatoms. The highest BCUT2D eigenvalue weighted by Crippen LogP contribution is 2.34. The van der Waals surface area contributed by atoms with Gasteiger partial charge in [-0.1, -0.05) is 17.7 Å². The largest absolute Gasteiger partial charge is 0.504 e. The van der Waals surface area contributed by atoms with E-state index in [1.165, 1.54) is 19.4 Å². The number of benzene rings is 3. The quantitative estimate of drug-likeness (QED) is 0.257. The lowest BCUT2D eigenvalue weighted by molar-refractivity contribution is -0.385. The number of nitrogens with zero attached hydrogens (tertiary/aromatic N) is 3. The van der Waals surface area contributed by atoms with E-state index in [-0.39, 0.29) is 22.7 Å². The van der Waals surface area contributed by atoms with Gasteiger partial charge in [-0.15, -0.1) is 0 Å². The van der Waals surface area contributed by atoms with Crippen molar-refractivity contribution in [1.29, 1.82) is 0 Å². The van der Waals surface area contributed by atoms with Crippen LogP contribution in [0.3, 0.4) is 0 Å². The first-order valence-corrected chi connectivity index (χ1v) is 9.08. The molecule has 0 bridgehead atoms. The van der Waals surface area contributed by atoms with E-state index in [9.17, 15) is 15.2 Å². The van der Waals surface area contributed by atoms with Gasteiger partial charge in [0.1, 0.15) is 5.52 Å². The minimum Gasteiger partial charge on any atom is -0.504 e. The van der Waals surface area contributed by atoms with Crippen LogP contribution in [0, 0.1) is 10.1 Å². The fraction of sp³-hybridized carbons (Fsp3) is 0.0476. The Labute approximate surface area is 175 Å². The number of fused-ring (bicyclic) bond motifs is 1. The van der Waals surface area contributed by atoms with Crippen LogP contribution in [-0.2, 0) is 0 Å². The van der Waals surface area contributed by atoms with E-state index >= 15 is 0 Å². The van der Waals surface area contributed by atoms with Crippen molar-refractivity contribution in [3.8, 4) is 23.0 Å². The molecule has 0 unspecified atom stereocenters. The molecule has 0 saturated heterocycles. The predicted octanol–water partition coefficient (Wildman–Crippen LogP) is 5.52. The molecule has 0 spiro atoms. The van der Waals surface area contributed by atoms with Gasteiger partial charge in [-0.25, -0.2) is 4.98 Å². The van der Waals surface area contributed by atoms with E-state index in [0.717, 1.165) is 6.07 Å². The fourth-order valence-corrected chi connectivity index (χ4v) is 3.03. The van der Waals surface area contributed by atoms with E-state index in [1.807, 2.05) is 6.07 Å². The summed E-state index contributed by atoms with van der Waals surface area (Å²) in [7, 11) is 1.32. The van der Waals surface area contributed by atoms with Crippen LogP contribution in [0.1, 0.15) is 5.56 Å². The Kier molecular flexibility index (Phi) is 5.07. The summed E-state index contributed by atoms with van der Waals surface area (Å²) in [4.78, 5) is 19.3. The average molecular weight is 424 g/mol. The van der Waals surface area contributed by atoms with Gasteiger partial charge in [0.05, 0.1) is 23.8 Å². The highest BCUT2D eigenvalue weighted by molar-refractivity contribution is 6.31. The number of oxazole rings is 1. The Balaban J connectivity index is 1.68. The third kappa shape index (κ3) is 3.81. The summed E-state index contributed by atoms with van der Waals surface area (Å²) < 4.78 is 10.8. The van der Waals surface area contributed by atoms with Crippen LogP contribution in [0.4, 0.5) is 11.4 Å². The molecule has 1 heterocycles. The molecule has 0 aliphatic rings. The van der Waals surface area contributed by atoms with Crippen LogP contribution in [0.25, 0.3) is 22.6 Å². The zero-order valence-electron chi connectivity index (χ0n) is 15.6. The fourth-order valence-electron chi connectivity index (χ4n) is 2.86. The molecule has 1 aromatic heterocycles. The van der Waals surface area contributed by atoms with Crippen LogP contribution >= 0.6 is 11.6 Å². The SMILES string of the molecule is COc1cc([N+](=O)[O-])cc(C=Nc2cccc(-c3nc4cc(Cl)ccc4o3)c2)c1O. The number of hydrogen-bond donors (Lipinski definition) is 1. The first kappa shape index (κ1) is 19.4. The van der Waals surface area contributed by atoms with Gasteiger partial charge >= 0.3 is 0 Å². The molecule has 4 rings (SSSR count). The number of methoxy groups -OCH3 is 1. The second-order valence-corrected chi connectivity index (χ2v) is 6.72. The van der Waals surface area contributed by atoms with Crippen molar-refractivity contribution in [2.75, 3.05) is 7.11 Å². The maximum absolute atomic E-state index is 11.1. The number of hydrogen-bond acceptors (Lipinski definition) is 7.